The zero-order valence-electron chi connectivity index (χ0n) is 11.1. The van der Waals surface area contributed by atoms with Crippen LogP contribution in [0.1, 0.15) is 30.6 Å². The third-order valence-electron chi connectivity index (χ3n) is 3.28. The number of aryl methyl sites for hydroxylation is 2. The van der Waals surface area contributed by atoms with E-state index in [1.54, 1.807) is 0 Å². The van der Waals surface area contributed by atoms with Gasteiger partial charge in [-0.3, -0.25) is 4.98 Å². The van der Waals surface area contributed by atoms with Gasteiger partial charge in [-0.05, 0) is 37.2 Å². The van der Waals surface area contributed by atoms with Crippen molar-refractivity contribution in [2.24, 2.45) is 0 Å². The van der Waals surface area contributed by atoms with Gasteiger partial charge >= 0.3 is 0 Å². The van der Waals surface area contributed by atoms with Crippen molar-refractivity contribution in [3.05, 3.63) is 54.1 Å². The van der Waals surface area contributed by atoms with E-state index in [1.165, 1.54) is 5.56 Å². The van der Waals surface area contributed by atoms with Gasteiger partial charge in [-0.25, -0.2) is 0 Å². The highest BCUT2D eigenvalue weighted by Gasteiger charge is 2.07. The minimum atomic E-state index is 0.459. The van der Waals surface area contributed by atoms with Crippen molar-refractivity contribution in [1.29, 1.82) is 0 Å². The Morgan fingerprint density at radius 3 is 2.89 bits per heavy atom. The van der Waals surface area contributed by atoms with Crippen LogP contribution in [-0.2, 0) is 13.0 Å². The van der Waals surface area contributed by atoms with Crippen LogP contribution in [0.5, 0.6) is 0 Å². The van der Waals surface area contributed by atoms with Gasteiger partial charge in [-0.1, -0.05) is 13.0 Å². The number of hydrogen-bond acceptors (Lipinski definition) is 2. The quantitative estimate of drug-likeness (QED) is 0.845. The SMILES string of the molecule is CCC(NC)c1ccn(CCc2ccccn2)c1. The molecule has 18 heavy (non-hydrogen) atoms. The Morgan fingerprint density at radius 2 is 2.22 bits per heavy atom. The van der Waals surface area contributed by atoms with Crippen molar-refractivity contribution in [2.75, 3.05) is 7.05 Å². The first kappa shape index (κ1) is 12.8. The van der Waals surface area contributed by atoms with Gasteiger partial charge in [0, 0.05) is 43.3 Å². The Hall–Kier alpha value is -1.61. The van der Waals surface area contributed by atoms with Gasteiger partial charge in [-0.2, -0.15) is 0 Å². The van der Waals surface area contributed by atoms with Crippen molar-refractivity contribution >= 4 is 0 Å². The molecule has 2 rings (SSSR count). The minimum Gasteiger partial charge on any atom is -0.354 e. The molecular weight excluding hydrogens is 222 g/mol. The van der Waals surface area contributed by atoms with Crippen LogP contribution in [0.2, 0.25) is 0 Å². The first-order valence-electron chi connectivity index (χ1n) is 6.56. The lowest BCUT2D eigenvalue weighted by Crippen LogP contribution is -2.14. The van der Waals surface area contributed by atoms with Gasteiger partial charge in [0.05, 0.1) is 0 Å². The third-order valence-corrected chi connectivity index (χ3v) is 3.28. The molecule has 3 nitrogen and oxygen atoms in total. The zero-order valence-corrected chi connectivity index (χ0v) is 11.1. The molecule has 1 atom stereocenters. The van der Waals surface area contributed by atoms with Crippen LogP contribution >= 0.6 is 0 Å². The summed E-state index contributed by atoms with van der Waals surface area (Å²) in [6, 6.07) is 8.73. The number of nitrogens with one attached hydrogen (secondary N) is 1. The fourth-order valence-corrected chi connectivity index (χ4v) is 2.20. The first-order chi connectivity index (χ1) is 8.83. The minimum absolute atomic E-state index is 0.459. The van der Waals surface area contributed by atoms with Crippen LogP contribution in [0.25, 0.3) is 0 Å². The van der Waals surface area contributed by atoms with Crippen molar-refractivity contribution in [1.82, 2.24) is 14.9 Å². The van der Waals surface area contributed by atoms with Crippen LogP contribution in [0, 0.1) is 0 Å². The highest BCUT2D eigenvalue weighted by molar-refractivity contribution is 5.15. The monoisotopic (exact) mass is 243 g/mol. The zero-order chi connectivity index (χ0) is 12.8. The molecule has 1 N–H and O–H groups in total. The molecular formula is C15H21N3. The van der Waals surface area contributed by atoms with E-state index in [0.29, 0.717) is 6.04 Å². The highest BCUT2D eigenvalue weighted by atomic mass is 15.0. The van der Waals surface area contributed by atoms with E-state index in [4.69, 9.17) is 0 Å². The average Bonchev–Trinajstić information content (AvgIpc) is 2.88. The fraction of sp³-hybridized carbons (Fsp3) is 0.400. The normalized spacial score (nSPS) is 12.6. The number of nitrogens with zero attached hydrogens (tertiary/aromatic N) is 2. The summed E-state index contributed by atoms with van der Waals surface area (Å²) < 4.78 is 2.24. The van der Waals surface area contributed by atoms with E-state index < -0.39 is 0 Å². The van der Waals surface area contributed by atoms with E-state index in [-0.39, 0.29) is 0 Å². The summed E-state index contributed by atoms with van der Waals surface area (Å²) in [4.78, 5) is 4.34. The summed E-state index contributed by atoms with van der Waals surface area (Å²) in [5.41, 5.74) is 2.51. The van der Waals surface area contributed by atoms with Gasteiger partial charge in [0.15, 0.2) is 0 Å². The predicted molar refractivity (Wildman–Crippen MR) is 74.5 cm³/mol. The number of pyridine rings is 1. The van der Waals surface area contributed by atoms with Crippen molar-refractivity contribution in [3.8, 4) is 0 Å². The predicted octanol–water partition coefficient (Wildman–Crippen LogP) is 2.80. The second-order valence-electron chi connectivity index (χ2n) is 4.50. The molecule has 2 heterocycles. The van der Waals surface area contributed by atoms with Gasteiger partial charge in [0.2, 0.25) is 0 Å². The maximum atomic E-state index is 4.34. The van der Waals surface area contributed by atoms with E-state index in [1.807, 2.05) is 25.4 Å². The van der Waals surface area contributed by atoms with Crippen molar-refractivity contribution in [3.63, 3.8) is 0 Å². The average molecular weight is 243 g/mol. The first-order valence-corrected chi connectivity index (χ1v) is 6.56. The number of aromatic nitrogens is 2. The molecule has 0 amide bonds. The molecule has 0 saturated heterocycles. The largest absolute Gasteiger partial charge is 0.354 e. The lowest BCUT2D eigenvalue weighted by Gasteiger charge is -2.11. The van der Waals surface area contributed by atoms with Crippen LogP contribution in [0.15, 0.2) is 42.9 Å². The summed E-state index contributed by atoms with van der Waals surface area (Å²) in [7, 11) is 2.01. The second-order valence-corrected chi connectivity index (χ2v) is 4.50. The van der Waals surface area contributed by atoms with Gasteiger partial charge < -0.3 is 9.88 Å². The Labute approximate surface area is 109 Å². The third kappa shape index (κ3) is 3.20. The van der Waals surface area contributed by atoms with Crippen molar-refractivity contribution in [2.45, 2.75) is 32.4 Å². The lowest BCUT2D eigenvalue weighted by atomic mass is 10.1. The van der Waals surface area contributed by atoms with E-state index in [9.17, 15) is 0 Å². The topological polar surface area (TPSA) is 29.9 Å². The Morgan fingerprint density at radius 1 is 1.33 bits per heavy atom. The molecule has 2 aromatic rings. The van der Waals surface area contributed by atoms with Gasteiger partial charge in [0.25, 0.3) is 0 Å². The summed E-state index contributed by atoms with van der Waals surface area (Å²) in [6.07, 6.45) is 8.32. The smallest absolute Gasteiger partial charge is 0.0421 e. The number of rotatable bonds is 6. The molecule has 1 unspecified atom stereocenters. The molecule has 0 saturated carbocycles. The molecule has 0 fully saturated rings. The molecule has 0 aliphatic heterocycles. The molecule has 0 aliphatic carbocycles. The summed E-state index contributed by atoms with van der Waals surface area (Å²) in [5.74, 6) is 0. The van der Waals surface area contributed by atoms with E-state index in [2.05, 4.69) is 46.3 Å². The summed E-state index contributed by atoms with van der Waals surface area (Å²) in [5, 5.41) is 3.33. The van der Waals surface area contributed by atoms with Crippen LogP contribution in [-0.4, -0.2) is 16.6 Å². The Bertz CT molecular complexity index is 458. The molecule has 2 aromatic heterocycles. The van der Waals surface area contributed by atoms with Crippen LogP contribution < -0.4 is 5.32 Å². The molecule has 0 radical (unpaired) electrons. The van der Waals surface area contributed by atoms with E-state index in [0.717, 1.165) is 25.1 Å². The summed E-state index contributed by atoms with van der Waals surface area (Å²) in [6.45, 7) is 3.18. The standard InChI is InChI=1S/C15H21N3/c1-3-15(16-2)13-7-10-18(12-13)11-8-14-6-4-5-9-17-14/h4-7,9-10,12,15-16H,3,8,11H2,1-2H3. The maximum Gasteiger partial charge on any atom is 0.0421 e. The highest BCUT2D eigenvalue weighted by Crippen LogP contribution is 2.16. The molecule has 0 aromatic carbocycles. The lowest BCUT2D eigenvalue weighted by molar-refractivity contribution is 0.574. The van der Waals surface area contributed by atoms with Crippen LogP contribution in [0.3, 0.4) is 0 Å². The van der Waals surface area contributed by atoms with E-state index >= 15 is 0 Å². The molecule has 0 spiro atoms. The second kappa shape index (κ2) is 6.36. The van der Waals surface area contributed by atoms with Gasteiger partial charge in [-0.15, -0.1) is 0 Å². The Balaban J connectivity index is 1.95. The van der Waals surface area contributed by atoms with Gasteiger partial charge in [0.1, 0.15) is 0 Å². The summed E-state index contributed by atoms with van der Waals surface area (Å²) >= 11 is 0. The fourth-order valence-electron chi connectivity index (χ4n) is 2.20. The van der Waals surface area contributed by atoms with Crippen molar-refractivity contribution < 1.29 is 0 Å². The number of hydrogen-bond donors (Lipinski definition) is 1. The Kier molecular flexibility index (Phi) is 4.53. The molecule has 0 aliphatic rings. The van der Waals surface area contributed by atoms with Crippen LogP contribution in [0.4, 0.5) is 0 Å². The molecule has 96 valence electrons. The molecule has 3 heteroatoms. The molecule has 0 bridgehead atoms. The maximum absolute atomic E-state index is 4.34.